The van der Waals surface area contributed by atoms with Gasteiger partial charge in [-0.25, -0.2) is 4.98 Å². The van der Waals surface area contributed by atoms with Crippen LogP contribution in [0, 0.1) is 5.92 Å². The van der Waals surface area contributed by atoms with E-state index in [2.05, 4.69) is 33.8 Å². The number of aromatic nitrogens is 1. The van der Waals surface area contributed by atoms with Crippen LogP contribution in [-0.2, 0) is 11.2 Å². The molecule has 1 fully saturated rings. The van der Waals surface area contributed by atoms with Crippen molar-refractivity contribution in [2.24, 2.45) is 5.92 Å². The molecule has 5 nitrogen and oxygen atoms in total. The number of rotatable bonds is 3. The van der Waals surface area contributed by atoms with E-state index in [1.165, 1.54) is 22.5 Å². The van der Waals surface area contributed by atoms with Crippen molar-refractivity contribution >= 4 is 22.4 Å². The average molecular weight is 314 g/mol. The van der Waals surface area contributed by atoms with Crippen molar-refractivity contribution in [3.05, 3.63) is 46.5 Å². The van der Waals surface area contributed by atoms with E-state index in [1.807, 2.05) is 11.4 Å². The highest BCUT2D eigenvalue weighted by molar-refractivity contribution is 7.13. The van der Waals surface area contributed by atoms with Crippen molar-refractivity contribution < 1.29 is 4.79 Å². The molecule has 0 spiro atoms. The quantitative estimate of drug-likeness (QED) is 0.801. The molecular formula is C16H18N4OS. The molecule has 1 amide bonds. The third kappa shape index (κ3) is 2.28. The predicted molar refractivity (Wildman–Crippen MR) is 86.7 cm³/mol. The molecule has 4 N–H and O–H groups in total. The van der Waals surface area contributed by atoms with E-state index in [4.69, 9.17) is 5.73 Å². The van der Waals surface area contributed by atoms with Crippen molar-refractivity contribution in [2.45, 2.75) is 18.4 Å². The Bertz CT molecular complexity index is 714. The van der Waals surface area contributed by atoms with E-state index in [0.29, 0.717) is 17.0 Å². The van der Waals surface area contributed by atoms with Crippen molar-refractivity contribution in [3.8, 4) is 0 Å². The topological polar surface area (TPSA) is 80.0 Å². The molecule has 1 aromatic heterocycles. The fourth-order valence-corrected chi connectivity index (χ4v) is 4.29. The molecule has 4 rings (SSSR count). The van der Waals surface area contributed by atoms with Gasteiger partial charge < -0.3 is 16.4 Å². The molecule has 22 heavy (non-hydrogen) atoms. The highest BCUT2D eigenvalue weighted by Gasteiger charge is 2.43. The Hall–Kier alpha value is -1.92. The molecule has 6 heteroatoms. The number of amides is 1. The molecule has 0 bridgehead atoms. The molecule has 1 aliphatic carbocycles. The highest BCUT2D eigenvalue weighted by Crippen LogP contribution is 2.46. The van der Waals surface area contributed by atoms with Crippen LogP contribution in [0.2, 0.25) is 0 Å². The Morgan fingerprint density at radius 1 is 1.36 bits per heavy atom. The summed E-state index contributed by atoms with van der Waals surface area (Å²) in [7, 11) is 0. The van der Waals surface area contributed by atoms with Gasteiger partial charge in [0.2, 0.25) is 5.91 Å². The van der Waals surface area contributed by atoms with E-state index < -0.39 is 0 Å². The van der Waals surface area contributed by atoms with Gasteiger partial charge in [0.05, 0.1) is 18.2 Å². The lowest BCUT2D eigenvalue weighted by Crippen LogP contribution is -2.34. The van der Waals surface area contributed by atoms with Crippen LogP contribution in [0.3, 0.4) is 0 Å². The van der Waals surface area contributed by atoms with Crippen LogP contribution in [0.1, 0.15) is 28.8 Å². The van der Waals surface area contributed by atoms with Gasteiger partial charge in [-0.1, -0.05) is 24.3 Å². The summed E-state index contributed by atoms with van der Waals surface area (Å²) in [6.07, 6.45) is 0.289. The van der Waals surface area contributed by atoms with Crippen molar-refractivity contribution in [1.82, 2.24) is 15.6 Å². The number of nitrogens with zero attached hydrogens (tertiary/aromatic N) is 1. The van der Waals surface area contributed by atoms with E-state index in [9.17, 15) is 4.79 Å². The fraction of sp³-hybridized carbons (Fsp3) is 0.375. The van der Waals surface area contributed by atoms with Gasteiger partial charge in [0, 0.05) is 30.3 Å². The molecule has 0 unspecified atom stereocenters. The zero-order valence-corrected chi connectivity index (χ0v) is 12.9. The Kier molecular flexibility index (Phi) is 3.35. The number of thiazole rings is 1. The maximum absolute atomic E-state index is 12.4. The molecule has 1 saturated heterocycles. The van der Waals surface area contributed by atoms with Gasteiger partial charge >= 0.3 is 0 Å². The van der Waals surface area contributed by atoms with Crippen LogP contribution in [0.4, 0.5) is 5.13 Å². The maximum Gasteiger partial charge on any atom is 0.226 e. The number of nitrogen functional groups attached to an aromatic ring is 1. The number of hydrogen-bond acceptors (Lipinski definition) is 5. The number of benzene rings is 1. The molecule has 2 heterocycles. The highest BCUT2D eigenvalue weighted by atomic mass is 32.1. The van der Waals surface area contributed by atoms with Crippen LogP contribution in [0.5, 0.6) is 0 Å². The van der Waals surface area contributed by atoms with Crippen LogP contribution >= 0.6 is 11.3 Å². The summed E-state index contributed by atoms with van der Waals surface area (Å²) in [6.45, 7) is 1.95. The molecule has 0 radical (unpaired) electrons. The van der Waals surface area contributed by atoms with Crippen LogP contribution in [0.15, 0.2) is 29.6 Å². The summed E-state index contributed by atoms with van der Waals surface area (Å²) in [5.41, 5.74) is 9.01. The van der Waals surface area contributed by atoms with Gasteiger partial charge in [-0.2, -0.15) is 0 Å². The molecule has 2 aliphatic rings. The molecule has 114 valence electrons. The van der Waals surface area contributed by atoms with Crippen molar-refractivity contribution in [3.63, 3.8) is 0 Å². The molecular weight excluding hydrogens is 296 g/mol. The van der Waals surface area contributed by atoms with Gasteiger partial charge in [0.15, 0.2) is 5.13 Å². The van der Waals surface area contributed by atoms with Crippen LogP contribution < -0.4 is 16.4 Å². The number of nitrogens with one attached hydrogen (secondary N) is 2. The summed E-state index contributed by atoms with van der Waals surface area (Å²) in [5.74, 6) is 0.968. The first-order chi connectivity index (χ1) is 10.7. The summed E-state index contributed by atoms with van der Waals surface area (Å²) in [6, 6.07) is 8.55. The van der Waals surface area contributed by atoms with Crippen molar-refractivity contribution in [2.75, 3.05) is 18.8 Å². The average Bonchev–Trinajstić information content (AvgIpc) is 3.18. The fourth-order valence-electron chi connectivity index (χ4n) is 3.73. The lowest BCUT2D eigenvalue weighted by molar-refractivity contribution is -0.121. The number of carbonyl (C=O) groups excluding carboxylic acids is 1. The van der Waals surface area contributed by atoms with Gasteiger partial charge in [0.1, 0.15) is 0 Å². The number of anilines is 1. The standard InChI is InChI=1S/C16H18N4OS/c17-16-19-9(8-22-16)5-14(21)20-15-11-4-2-1-3-10(11)12-6-18-7-13(12)15/h1-4,8,12-13,15,18H,5-7H2,(H2,17,19)(H,20,21)/t12-,13-,15+/m0/s1. The summed E-state index contributed by atoms with van der Waals surface area (Å²) in [4.78, 5) is 16.5. The second-order valence-corrected chi connectivity index (χ2v) is 6.85. The minimum atomic E-state index is 0.0117. The predicted octanol–water partition coefficient (Wildman–Crippen LogP) is 1.44. The lowest BCUT2D eigenvalue weighted by Gasteiger charge is -2.20. The van der Waals surface area contributed by atoms with E-state index in [0.717, 1.165) is 18.8 Å². The maximum atomic E-state index is 12.4. The minimum Gasteiger partial charge on any atom is -0.375 e. The monoisotopic (exact) mass is 314 g/mol. The van der Waals surface area contributed by atoms with E-state index in [-0.39, 0.29) is 18.4 Å². The smallest absolute Gasteiger partial charge is 0.226 e. The van der Waals surface area contributed by atoms with E-state index >= 15 is 0 Å². The first-order valence-corrected chi connectivity index (χ1v) is 8.39. The minimum absolute atomic E-state index is 0.0117. The first-order valence-electron chi connectivity index (χ1n) is 7.51. The van der Waals surface area contributed by atoms with E-state index in [1.54, 1.807) is 0 Å². The second-order valence-electron chi connectivity index (χ2n) is 5.96. The lowest BCUT2D eigenvalue weighted by atomic mass is 9.94. The van der Waals surface area contributed by atoms with Crippen LogP contribution in [0.25, 0.3) is 0 Å². The van der Waals surface area contributed by atoms with Gasteiger partial charge in [-0.15, -0.1) is 11.3 Å². The van der Waals surface area contributed by atoms with Gasteiger partial charge in [0.25, 0.3) is 0 Å². The molecule has 3 atom stereocenters. The third-order valence-corrected chi connectivity index (χ3v) is 5.37. The zero-order chi connectivity index (χ0) is 15.1. The SMILES string of the molecule is Nc1nc(CC(=O)N[C@@H]2c3ccccc3[C@@H]3CNC[C@H]23)cs1. The molecule has 1 aliphatic heterocycles. The van der Waals surface area contributed by atoms with Crippen LogP contribution in [-0.4, -0.2) is 24.0 Å². The largest absolute Gasteiger partial charge is 0.375 e. The Labute approximate surface area is 132 Å². The number of nitrogens with two attached hydrogens (primary N) is 1. The first kappa shape index (κ1) is 13.7. The third-order valence-electron chi connectivity index (χ3n) is 4.65. The molecule has 1 aromatic carbocycles. The molecule has 0 saturated carbocycles. The van der Waals surface area contributed by atoms with Crippen molar-refractivity contribution in [1.29, 1.82) is 0 Å². The number of fused-ring (bicyclic) bond motifs is 3. The second kappa shape index (κ2) is 5.37. The Morgan fingerprint density at radius 3 is 2.95 bits per heavy atom. The van der Waals surface area contributed by atoms with Gasteiger partial charge in [-0.05, 0) is 11.1 Å². The Balaban J connectivity index is 1.53. The van der Waals surface area contributed by atoms with Gasteiger partial charge in [-0.3, -0.25) is 4.79 Å². The zero-order valence-electron chi connectivity index (χ0n) is 12.1. The number of carbonyl (C=O) groups is 1. The number of hydrogen-bond donors (Lipinski definition) is 3. The Morgan fingerprint density at radius 2 is 2.18 bits per heavy atom. The molecule has 2 aromatic rings. The summed E-state index contributed by atoms with van der Waals surface area (Å²) >= 11 is 1.37. The summed E-state index contributed by atoms with van der Waals surface area (Å²) < 4.78 is 0. The summed E-state index contributed by atoms with van der Waals surface area (Å²) in [5, 5.41) is 9.01. The normalized spacial score (nSPS) is 25.7.